The van der Waals surface area contributed by atoms with Crippen molar-refractivity contribution in [1.29, 1.82) is 0 Å². The maximum Gasteiger partial charge on any atom is 0.313 e. The van der Waals surface area contributed by atoms with Crippen LogP contribution in [0.1, 0.15) is 13.3 Å². The van der Waals surface area contributed by atoms with E-state index in [9.17, 15) is 19.8 Å². The third kappa shape index (κ3) is 4.14. The summed E-state index contributed by atoms with van der Waals surface area (Å²) in [4.78, 5) is 27.6. The second-order valence-electron chi connectivity index (χ2n) is 4.42. The number of hydrogen-bond acceptors (Lipinski definition) is 6. The zero-order valence-electron chi connectivity index (χ0n) is 11.9. The standard InChI is InChI=1S/C13H19N3O5/c1-3-13(7-17,8-18)16-11(20)10(19)15-9-5-4-6-14-12(9)21-2/h4-6,17-18H,3,7-8H2,1-2H3,(H,15,19)(H,16,20). The first-order valence-corrected chi connectivity index (χ1v) is 6.36. The van der Waals surface area contributed by atoms with E-state index in [1.165, 1.54) is 19.4 Å². The second kappa shape index (κ2) is 7.55. The van der Waals surface area contributed by atoms with Crippen LogP contribution in [0.25, 0.3) is 0 Å². The Balaban J connectivity index is 2.77. The lowest BCUT2D eigenvalue weighted by Gasteiger charge is -2.29. The van der Waals surface area contributed by atoms with Gasteiger partial charge in [0.2, 0.25) is 5.88 Å². The van der Waals surface area contributed by atoms with Crippen molar-refractivity contribution in [2.75, 3.05) is 25.6 Å². The number of ether oxygens (including phenoxy) is 1. The van der Waals surface area contributed by atoms with E-state index >= 15 is 0 Å². The molecule has 4 N–H and O–H groups in total. The van der Waals surface area contributed by atoms with Gasteiger partial charge in [0.1, 0.15) is 5.69 Å². The molecule has 0 saturated carbocycles. The van der Waals surface area contributed by atoms with Crippen molar-refractivity contribution in [3.63, 3.8) is 0 Å². The highest BCUT2D eigenvalue weighted by Crippen LogP contribution is 2.19. The van der Waals surface area contributed by atoms with Gasteiger partial charge in [-0.3, -0.25) is 9.59 Å². The molecule has 0 aliphatic heterocycles. The van der Waals surface area contributed by atoms with Crippen LogP contribution in [0.3, 0.4) is 0 Å². The SMILES string of the molecule is CCC(CO)(CO)NC(=O)C(=O)Nc1cccnc1OC. The molecular formula is C13H19N3O5. The Morgan fingerprint density at radius 3 is 2.52 bits per heavy atom. The van der Waals surface area contributed by atoms with Crippen molar-refractivity contribution in [3.8, 4) is 5.88 Å². The lowest BCUT2D eigenvalue weighted by atomic mass is 9.98. The fraction of sp³-hybridized carbons (Fsp3) is 0.462. The van der Waals surface area contributed by atoms with Gasteiger partial charge in [-0.15, -0.1) is 0 Å². The predicted molar refractivity (Wildman–Crippen MR) is 74.8 cm³/mol. The third-order valence-corrected chi connectivity index (χ3v) is 3.08. The molecule has 0 bridgehead atoms. The molecule has 1 rings (SSSR count). The van der Waals surface area contributed by atoms with Gasteiger partial charge in [-0.25, -0.2) is 4.98 Å². The molecule has 0 spiro atoms. The quantitative estimate of drug-likeness (QED) is 0.514. The Bertz CT molecular complexity index is 494. The van der Waals surface area contributed by atoms with Gasteiger partial charge in [-0.05, 0) is 18.6 Å². The summed E-state index contributed by atoms with van der Waals surface area (Å²) in [5.74, 6) is -1.74. The molecule has 2 amide bonds. The number of nitrogens with one attached hydrogen (secondary N) is 2. The second-order valence-corrected chi connectivity index (χ2v) is 4.42. The van der Waals surface area contributed by atoms with E-state index in [0.717, 1.165) is 0 Å². The topological polar surface area (TPSA) is 121 Å². The number of pyridine rings is 1. The first-order chi connectivity index (χ1) is 10.0. The number of aliphatic hydroxyl groups is 2. The average Bonchev–Trinajstić information content (AvgIpc) is 2.53. The smallest absolute Gasteiger partial charge is 0.313 e. The molecule has 8 nitrogen and oxygen atoms in total. The predicted octanol–water partition coefficient (Wildman–Crippen LogP) is -0.722. The average molecular weight is 297 g/mol. The molecule has 1 aromatic rings. The van der Waals surface area contributed by atoms with Crippen LogP contribution < -0.4 is 15.4 Å². The van der Waals surface area contributed by atoms with Gasteiger partial charge in [0.15, 0.2) is 0 Å². The Hall–Kier alpha value is -2.19. The highest BCUT2D eigenvalue weighted by Gasteiger charge is 2.31. The zero-order chi connectivity index (χ0) is 15.9. The molecule has 1 aromatic heterocycles. The van der Waals surface area contributed by atoms with Crippen molar-refractivity contribution in [2.24, 2.45) is 0 Å². The number of rotatable bonds is 6. The maximum atomic E-state index is 11.8. The highest BCUT2D eigenvalue weighted by molar-refractivity contribution is 6.39. The van der Waals surface area contributed by atoms with Crippen LogP contribution in [0, 0.1) is 0 Å². The number of carbonyl (C=O) groups excluding carboxylic acids is 2. The summed E-state index contributed by atoms with van der Waals surface area (Å²) in [6.07, 6.45) is 1.75. The van der Waals surface area contributed by atoms with Crippen LogP contribution in [0.15, 0.2) is 18.3 Å². The van der Waals surface area contributed by atoms with Gasteiger partial charge < -0.3 is 25.6 Å². The maximum absolute atomic E-state index is 11.8. The number of hydrogen-bond donors (Lipinski definition) is 4. The summed E-state index contributed by atoms with van der Waals surface area (Å²) in [5.41, 5.74) is -0.983. The van der Waals surface area contributed by atoms with Crippen LogP contribution in [0.4, 0.5) is 5.69 Å². The van der Waals surface area contributed by atoms with Gasteiger partial charge >= 0.3 is 11.8 Å². The summed E-state index contributed by atoms with van der Waals surface area (Å²) >= 11 is 0. The fourth-order valence-electron chi connectivity index (χ4n) is 1.57. The fourth-order valence-corrected chi connectivity index (χ4v) is 1.57. The van der Waals surface area contributed by atoms with Crippen molar-refractivity contribution in [2.45, 2.75) is 18.9 Å². The molecule has 1 heterocycles. The molecule has 0 aliphatic rings. The van der Waals surface area contributed by atoms with E-state index < -0.39 is 30.6 Å². The van der Waals surface area contributed by atoms with Crippen LogP contribution in [-0.2, 0) is 9.59 Å². The van der Waals surface area contributed by atoms with E-state index in [2.05, 4.69) is 15.6 Å². The zero-order valence-corrected chi connectivity index (χ0v) is 11.9. The van der Waals surface area contributed by atoms with Crippen molar-refractivity contribution in [1.82, 2.24) is 10.3 Å². The number of carbonyl (C=O) groups is 2. The van der Waals surface area contributed by atoms with Gasteiger partial charge in [0.25, 0.3) is 0 Å². The minimum Gasteiger partial charge on any atom is -0.480 e. The first-order valence-electron chi connectivity index (χ1n) is 6.36. The van der Waals surface area contributed by atoms with E-state index in [1.807, 2.05) is 0 Å². The Kier molecular flexibility index (Phi) is 6.07. The molecule has 0 fully saturated rings. The largest absolute Gasteiger partial charge is 0.480 e. The number of anilines is 1. The highest BCUT2D eigenvalue weighted by atomic mass is 16.5. The van der Waals surface area contributed by atoms with Crippen molar-refractivity contribution < 1.29 is 24.5 Å². The van der Waals surface area contributed by atoms with E-state index in [1.54, 1.807) is 13.0 Å². The number of aromatic nitrogens is 1. The van der Waals surface area contributed by atoms with E-state index in [-0.39, 0.29) is 18.0 Å². The van der Waals surface area contributed by atoms with Crippen molar-refractivity contribution >= 4 is 17.5 Å². The van der Waals surface area contributed by atoms with E-state index in [4.69, 9.17) is 4.74 Å². The van der Waals surface area contributed by atoms with Gasteiger partial charge in [-0.2, -0.15) is 0 Å². The molecule has 0 saturated heterocycles. The van der Waals surface area contributed by atoms with Crippen molar-refractivity contribution in [3.05, 3.63) is 18.3 Å². The number of aliphatic hydroxyl groups excluding tert-OH is 2. The lowest BCUT2D eigenvalue weighted by Crippen LogP contribution is -2.56. The number of amides is 2. The normalized spacial score (nSPS) is 10.9. The summed E-state index contributed by atoms with van der Waals surface area (Å²) in [6.45, 7) is 0.721. The molecule has 21 heavy (non-hydrogen) atoms. The molecule has 0 atom stereocenters. The minimum absolute atomic E-state index is 0.171. The molecule has 0 radical (unpaired) electrons. The molecule has 0 unspecified atom stereocenters. The summed E-state index contributed by atoms with van der Waals surface area (Å²) in [5, 5.41) is 23.2. The van der Waals surface area contributed by atoms with Gasteiger partial charge in [0.05, 0.1) is 25.9 Å². The summed E-state index contributed by atoms with van der Waals surface area (Å²) in [6, 6.07) is 3.11. The molecule has 0 aromatic carbocycles. The minimum atomic E-state index is -1.23. The molecule has 116 valence electrons. The molecule has 0 aliphatic carbocycles. The van der Waals surface area contributed by atoms with Crippen LogP contribution in [-0.4, -0.2) is 52.9 Å². The van der Waals surface area contributed by atoms with Gasteiger partial charge in [0, 0.05) is 6.20 Å². The van der Waals surface area contributed by atoms with Gasteiger partial charge in [-0.1, -0.05) is 6.92 Å². The first kappa shape index (κ1) is 16.9. The number of methoxy groups -OCH3 is 1. The number of nitrogens with zero attached hydrogens (tertiary/aromatic N) is 1. The summed E-state index contributed by atoms with van der Waals surface area (Å²) in [7, 11) is 1.39. The monoisotopic (exact) mass is 297 g/mol. The third-order valence-electron chi connectivity index (χ3n) is 3.08. The summed E-state index contributed by atoms with van der Waals surface area (Å²) < 4.78 is 4.95. The molecule has 8 heteroatoms. The van der Waals surface area contributed by atoms with Crippen LogP contribution in [0.5, 0.6) is 5.88 Å². The Labute approximate surface area is 122 Å². The Morgan fingerprint density at radius 2 is 2.00 bits per heavy atom. The lowest BCUT2D eigenvalue weighted by molar-refractivity contribution is -0.138. The van der Waals surface area contributed by atoms with Crippen LogP contribution in [0.2, 0.25) is 0 Å². The Morgan fingerprint density at radius 1 is 1.33 bits per heavy atom. The van der Waals surface area contributed by atoms with Crippen LogP contribution >= 0.6 is 0 Å². The van der Waals surface area contributed by atoms with E-state index in [0.29, 0.717) is 0 Å². The molecular weight excluding hydrogens is 278 g/mol.